The van der Waals surface area contributed by atoms with Crippen LogP contribution in [0, 0.1) is 10.8 Å². The van der Waals surface area contributed by atoms with Crippen LogP contribution in [0.1, 0.15) is 6.92 Å². The van der Waals surface area contributed by atoms with E-state index in [9.17, 15) is 4.79 Å². The third-order valence-corrected chi connectivity index (χ3v) is 1.78. The number of hydrogen-bond acceptors (Lipinski definition) is 4. The van der Waals surface area contributed by atoms with Gasteiger partial charge in [0.1, 0.15) is 5.41 Å². The molecule has 0 fully saturated rings. The average molecular weight is 173 g/mol. The van der Waals surface area contributed by atoms with Gasteiger partial charge in [-0.1, -0.05) is 0 Å². The second-order valence-electron chi connectivity index (χ2n) is 2.76. The lowest BCUT2D eigenvalue weighted by atomic mass is 9.89. The van der Waals surface area contributed by atoms with Gasteiger partial charge in [0.15, 0.2) is 5.90 Å². The molecule has 5 heteroatoms. The van der Waals surface area contributed by atoms with Crippen LogP contribution in [-0.2, 0) is 9.53 Å². The average Bonchev–Trinajstić information content (AvgIpc) is 2.03. The summed E-state index contributed by atoms with van der Waals surface area (Å²) in [6, 6.07) is 0. The molecular weight excluding hydrogens is 158 g/mol. The topological polar surface area (TPSA) is 88.2 Å². The normalized spacial score (nSPS) is 14.9. The van der Waals surface area contributed by atoms with Crippen LogP contribution < -0.4 is 11.1 Å². The minimum atomic E-state index is -1.05. The highest BCUT2D eigenvalue weighted by molar-refractivity contribution is 6.02. The van der Waals surface area contributed by atoms with Crippen LogP contribution in [-0.4, -0.2) is 32.5 Å². The second-order valence-corrected chi connectivity index (χ2v) is 2.76. The van der Waals surface area contributed by atoms with Gasteiger partial charge in [0.2, 0.25) is 5.91 Å². The SMILES string of the molecule is CNCC(C)(C(=N)OC)C(N)=O. The number of carbonyl (C=O) groups is 1. The van der Waals surface area contributed by atoms with Gasteiger partial charge >= 0.3 is 0 Å². The maximum absolute atomic E-state index is 11.0. The summed E-state index contributed by atoms with van der Waals surface area (Å²) in [6.07, 6.45) is 0. The van der Waals surface area contributed by atoms with Crippen LogP contribution >= 0.6 is 0 Å². The molecule has 0 aliphatic carbocycles. The van der Waals surface area contributed by atoms with E-state index in [0.29, 0.717) is 6.54 Å². The van der Waals surface area contributed by atoms with Crippen LogP contribution in [0.3, 0.4) is 0 Å². The fraction of sp³-hybridized carbons (Fsp3) is 0.714. The molecule has 0 aliphatic rings. The molecule has 0 aromatic heterocycles. The molecule has 0 aliphatic heterocycles. The highest BCUT2D eigenvalue weighted by Gasteiger charge is 2.36. The van der Waals surface area contributed by atoms with Crippen LogP contribution in [0.4, 0.5) is 0 Å². The Hall–Kier alpha value is -1.10. The van der Waals surface area contributed by atoms with Crippen molar-refractivity contribution in [3.8, 4) is 0 Å². The molecule has 0 rings (SSSR count). The molecule has 5 nitrogen and oxygen atoms in total. The van der Waals surface area contributed by atoms with Gasteiger partial charge in [-0.25, -0.2) is 0 Å². The van der Waals surface area contributed by atoms with Crippen molar-refractivity contribution < 1.29 is 9.53 Å². The molecule has 0 radical (unpaired) electrons. The minimum Gasteiger partial charge on any atom is -0.484 e. The van der Waals surface area contributed by atoms with Crippen molar-refractivity contribution in [2.45, 2.75) is 6.92 Å². The fourth-order valence-electron chi connectivity index (χ4n) is 0.858. The molecule has 1 unspecified atom stereocenters. The molecule has 70 valence electrons. The molecule has 0 bridgehead atoms. The molecule has 0 aromatic rings. The van der Waals surface area contributed by atoms with Crippen LogP contribution in [0.25, 0.3) is 0 Å². The maximum Gasteiger partial charge on any atom is 0.234 e. The molecule has 0 saturated heterocycles. The van der Waals surface area contributed by atoms with Crippen molar-refractivity contribution in [1.82, 2.24) is 5.32 Å². The lowest BCUT2D eigenvalue weighted by molar-refractivity contribution is -0.124. The Morgan fingerprint density at radius 2 is 2.25 bits per heavy atom. The van der Waals surface area contributed by atoms with E-state index in [4.69, 9.17) is 11.1 Å². The van der Waals surface area contributed by atoms with E-state index in [0.717, 1.165) is 0 Å². The monoisotopic (exact) mass is 173 g/mol. The number of nitrogens with two attached hydrogens (primary N) is 1. The van der Waals surface area contributed by atoms with E-state index in [1.54, 1.807) is 14.0 Å². The van der Waals surface area contributed by atoms with Crippen molar-refractivity contribution in [1.29, 1.82) is 5.41 Å². The highest BCUT2D eigenvalue weighted by atomic mass is 16.5. The molecule has 0 aromatic carbocycles. The first-order chi connectivity index (χ1) is 5.49. The largest absolute Gasteiger partial charge is 0.484 e. The van der Waals surface area contributed by atoms with Gasteiger partial charge in [-0.15, -0.1) is 0 Å². The van der Waals surface area contributed by atoms with Gasteiger partial charge in [0, 0.05) is 6.54 Å². The second kappa shape index (κ2) is 4.06. The standard InChI is InChI=1S/C7H15N3O2/c1-7(4-10-2,5(8)11)6(9)12-3/h9-10H,4H2,1-3H3,(H2,8,11). The zero-order valence-electron chi connectivity index (χ0n) is 7.60. The van der Waals surface area contributed by atoms with E-state index in [-0.39, 0.29) is 5.90 Å². The Labute approximate surface area is 71.8 Å². The van der Waals surface area contributed by atoms with Crippen molar-refractivity contribution >= 4 is 11.8 Å². The molecule has 0 saturated carbocycles. The molecule has 4 N–H and O–H groups in total. The summed E-state index contributed by atoms with van der Waals surface area (Å²) in [5.41, 5.74) is 4.08. The first-order valence-electron chi connectivity index (χ1n) is 3.56. The fourth-order valence-corrected chi connectivity index (χ4v) is 0.858. The van der Waals surface area contributed by atoms with Gasteiger partial charge < -0.3 is 15.8 Å². The quantitative estimate of drug-likeness (QED) is 0.389. The van der Waals surface area contributed by atoms with Gasteiger partial charge in [-0.05, 0) is 14.0 Å². The highest BCUT2D eigenvalue weighted by Crippen LogP contribution is 2.16. The molecule has 12 heavy (non-hydrogen) atoms. The Balaban J connectivity index is 4.61. The summed E-state index contributed by atoms with van der Waals surface area (Å²) in [7, 11) is 3.03. The summed E-state index contributed by atoms with van der Waals surface area (Å²) >= 11 is 0. The predicted octanol–water partition coefficient (Wildman–Crippen LogP) is -0.679. The van der Waals surface area contributed by atoms with E-state index in [1.165, 1.54) is 7.11 Å². The van der Waals surface area contributed by atoms with Gasteiger partial charge in [-0.2, -0.15) is 0 Å². The van der Waals surface area contributed by atoms with E-state index in [2.05, 4.69) is 10.1 Å². The molecule has 0 heterocycles. The molecular formula is C7H15N3O2. The van der Waals surface area contributed by atoms with Gasteiger partial charge in [0.05, 0.1) is 7.11 Å². The third-order valence-electron chi connectivity index (χ3n) is 1.78. The number of amides is 1. The minimum absolute atomic E-state index is 0.121. The van der Waals surface area contributed by atoms with Gasteiger partial charge in [0.25, 0.3) is 0 Å². The van der Waals surface area contributed by atoms with Gasteiger partial charge in [-0.3, -0.25) is 10.2 Å². The number of primary amides is 1. The molecule has 1 amide bonds. The Kier molecular flexibility index (Phi) is 3.69. The summed E-state index contributed by atoms with van der Waals surface area (Å²) in [6.45, 7) is 1.87. The Morgan fingerprint density at radius 1 is 1.75 bits per heavy atom. The Bertz CT molecular complexity index is 193. The van der Waals surface area contributed by atoms with Crippen molar-refractivity contribution in [3.05, 3.63) is 0 Å². The summed E-state index contributed by atoms with van der Waals surface area (Å²) in [5, 5.41) is 10.1. The maximum atomic E-state index is 11.0. The summed E-state index contributed by atoms with van der Waals surface area (Å²) < 4.78 is 4.67. The number of nitrogens with one attached hydrogen (secondary N) is 2. The summed E-state index contributed by atoms with van der Waals surface area (Å²) in [4.78, 5) is 11.0. The van der Waals surface area contributed by atoms with E-state index in [1.807, 2.05) is 0 Å². The number of rotatable bonds is 4. The van der Waals surface area contributed by atoms with Crippen LogP contribution in [0.5, 0.6) is 0 Å². The van der Waals surface area contributed by atoms with E-state index >= 15 is 0 Å². The lowest BCUT2D eigenvalue weighted by Gasteiger charge is -2.24. The lowest BCUT2D eigenvalue weighted by Crippen LogP contribution is -2.48. The summed E-state index contributed by atoms with van der Waals surface area (Å²) in [5.74, 6) is -0.687. The zero-order valence-corrected chi connectivity index (χ0v) is 7.60. The van der Waals surface area contributed by atoms with Crippen molar-refractivity contribution in [2.24, 2.45) is 11.1 Å². The number of carbonyl (C=O) groups excluding carboxylic acids is 1. The van der Waals surface area contributed by atoms with Crippen molar-refractivity contribution in [2.75, 3.05) is 20.7 Å². The Morgan fingerprint density at radius 3 is 2.50 bits per heavy atom. The third kappa shape index (κ3) is 1.94. The first kappa shape index (κ1) is 10.9. The smallest absolute Gasteiger partial charge is 0.234 e. The van der Waals surface area contributed by atoms with Crippen LogP contribution in [0.2, 0.25) is 0 Å². The van der Waals surface area contributed by atoms with E-state index < -0.39 is 11.3 Å². The number of methoxy groups -OCH3 is 1. The number of ether oxygens (including phenoxy) is 1. The van der Waals surface area contributed by atoms with Crippen LogP contribution in [0.15, 0.2) is 0 Å². The zero-order chi connectivity index (χ0) is 9.78. The number of hydrogen-bond donors (Lipinski definition) is 3. The predicted molar refractivity (Wildman–Crippen MR) is 46.0 cm³/mol. The molecule has 1 atom stereocenters. The van der Waals surface area contributed by atoms with Crippen molar-refractivity contribution in [3.63, 3.8) is 0 Å². The first-order valence-corrected chi connectivity index (χ1v) is 3.56. The molecule has 0 spiro atoms.